The van der Waals surface area contributed by atoms with Crippen molar-refractivity contribution in [3.05, 3.63) is 29.8 Å². The second-order valence-electron chi connectivity index (χ2n) is 8.41. The van der Waals surface area contributed by atoms with Crippen molar-refractivity contribution in [2.75, 3.05) is 65.3 Å². The zero-order chi connectivity index (χ0) is 23.2. The van der Waals surface area contributed by atoms with Crippen molar-refractivity contribution in [3.63, 3.8) is 0 Å². The number of hydrogen-bond acceptors (Lipinski definition) is 8. The van der Waals surface area contributed by atoms with Crippen molar-refractivity contribution in [3.8, 4) is 17.4 Å². The summed E-state index contributed by atoms with van der Waals surface area (Å²) in [7, 11) is 3.58. The van der Waals surface area contributed by atoms with Crippen LogP contribution in [0.25, 0.3) is 11.4 Å². The van der Waals surface area contributed by atoms with Gasteiger partial charge in [-0.3, -0.25) is 9.59 Å². The zero-order valence-electron chi connectivity index (χ0n) is 19.3. The number of aromatic nitrogens is 3. The van der Waals surface area contributed by atoms with Crippen LogP contribution in [0, 0.1) is 0 Å². The second-order valence-corrected chi connectivity index (χ2v) is 8.41. The smallest absolute Gasteiger partial charge is 0.321 e. The fraction of sp³-hybridized carbons (Fsp3) is 0.522. The summed E-state index contributed by atoms with van der Waals surface area (Å²) in [4.78, 5) is 43.7. The number of nitrogens with zero attached hydrogens (tertiary/aromatic N) is 6. The van der Waals surface area contributed by atoms with E-state index >= 15 is 0 Å². The third kappa shape index (κ3) is 5.75. The molecule has 176 valence electrons. The fourth-order valence-corrected chi connectivity index (χ4v) is 4.02. The van der Waals surface area contributed by atoms with Crippen LogP contribution in [0.5, 0.6) is 6.01 Å². The van der Waals surface area contributed by atoms with Crippen LogP contribution >= 0.6 is 0 Å². The van der Waals surface area contributed by atoms with Gasteiger partial charge in [0, 0.05) is 63.4 Å². The lowest BCUT2D eigenvalue weighted by Crippen LogP contribution is -2.47. The van der Waals surface area contributed by atoms with E-state index < -0.39 is 0 Å². The SMILES string of the molecule is COc1nc(NCCCN2CCCC2=O)nc(-c2ccc(C(=O)N3CCN(C)CC3)cc2)n1. The summed E-state index contributed by atoms with van der Waals surface area (Å²) in [6.07, 6.45) is 2.40. The van der Waals surface area contributed by atoms with E-state index in [2.05, 4.69) is 32.2 Å². The molecule has 0 saturated carbocycles. The van der Waals surface area contributed by atoms with Crippen molar-refractivity contribution >= 4 is 17.8 Å². The van der Waals surface area contributed by atoms with Gasteiger partial charge in [0.1, 0.15) is 0 Å². The Morgan fingerprint density at radius 3 is 2.48 bits per heavy atom. The molecule has 0 aliphatic carbocycles. The summed E-state index contributed by atoms with van der Waals surface area (Å²) in [6, 6.07) is 7.54. The Labute approximate surface area is 194 Å². The number of likely N-dealkylation sites (N-methyl/N-ethyl adjacent to an activating group) is 1. The molecule has 0 spiro atoms. The normalized spacial score (nSPS) is 16.8. The van der Waals surface area contributed by atoms with Gasteiger partial charge < -0.3 is 24.8 Å². The van der Waals surface area contributed by atoms with Crippen LogP contribution in [0.3, 0.4) is 0 Å². The van der Waals surface area contributed by atoms with Gasteiger partial charge in [-0.05, 0) is 32.0 Å². The Hall–Kier alpha value is -3.27. The quantitative estimate of drug-likeness (QED) is 0.598. The summed E-state index contributed by atoms with van der Waals surface area (Å²) in [5.74, 6) is 1.16. The van der Waals surface area contributed by atoms with Gasteiger partial charge in [-0.2, -0.15) is 15.0 Å². The van der Waals surface area contributed by atoms with Crippen molar-refractivity contribution in [2.45, 2.75) is 19.3 Å². The minimum atomic E-state index is 0.0433. The molecule has 2 aliphatic heterocycles. The van der Waals surface area contributed by atoms with E-state index in [1.807, 2.05) is 34.1 Å². The molecule has 2 aliphatic rings. The molecule has 0 bridgehead atoms. The number of carbonyl (C=O) groups is 2. The number of hydrogen-bond donors (Lipinski definition) is 1. The molecule has 33 heavy (non-hydrogen) atoms. The van der Waals surface area contributed by atoms with Gasteiger partial charge in [-0.25, -0.2) is 0 Å². The number of likely N-dealkylation sites (tertiary alicyclic amines) is 1. The molecule has 2 saturated heterocycles. The minimum absolute atomic E-state index is 0.0433. The molecule has 10 heteroatoms. The van der Waals surface area contributed by atoms with E-state index in [1.165, 1.54) is 7.11 Å². The first-order valence-corrected chi connectivity index (χ1v) is 11.4. The highest BCUT2D eigenvalue weighted by molar-refractivity contribution is 5.94. The Morgan fingerprint density at radius 2 is 1.82 bits per heavy atom. The van der Waals surface area contributed by atoms with Crippen LogP contribution in [0.4, 0.5) is 5.95 Å². The van der Waals surface area contributed by atoms with Crippen LogP contribution in [-0.2, 0) is 4.79 Å². The van der Waals surface area contributed by atoms with Gasteiger partial charge in [-0.1, -0.05) is 12.1 Å². The monoisotopic (exact) mass is 453 g/mol. The number of methoxy groups -OCH3 is 1. The van der Waals surface area contributed by atoms with Gasteiger partial charge in [0.25, 0.3) is 5.91 Å². The lowest BCUT2D eigenvalue weighted by Gasteiger charge is -2.32. The predicted molar refractivity (Wildman–Crippen MR) is 124 cm³/mol. The molecule has 3 heterocycles. The first-order chi connectivity index (χ1) is 16.0. The largest absolute Gasteiger partial charge is 0.467 e. The molecule has 2 amide bonds. The number of rotatable bonds is 8. The van der Waals surface area contributed by atoms with E-state index in [4.69, 9.17) is 4.74 Å². The van der Waals surface area contributed by atoms with E-state index in [9.17, 15) is 9.59 Å². The molecular formula is C23H31N7O3. The number of benzene rings is 1. The second kappa shape index (κ2) is 10.6. The molecule has 4 rings (SSSR count). The molecule has 1 N–H and O–H groups in total. The van der Waals surface area contributed by atoms with Crippen molar-refractivity contribution in [1.29, 1.82) is 0 Å². The minimum Gasteiger partial charge on any atom is -0.467 e. The highest BCUT2D eigenvalue weighted by Gasteiger charge is 2.21. The summed E-state index contributed by atoms with van der Waals surface area (Å²) in [5.41, 5.74) is 1.43. The summed E-state index contributed by atoms with van der Waals surface area (Å²) >= 11 is 0. The van der Waals surface area contributed by atoms with E-state index in [1.54, 1.807) is 0 Å². The van der Waals surface area contributed by atoms with Gasteiger partial charge in [-0.15, -0.1) is 0 Å². The number of anilines is 1. The number of amides is 2. The van der Waals surface area contributed by atoms with Gasteiger partial charge in [0.2, 0.25) is 11.9 Å². The highest BCUT2D eigenvalue weighted by atomic mass is 16.5. The maximum absolute atomic E-state index is 12.8. The average Bonchev–Trinajstić information content (AvgIpc) is 3.26. The lowest BCUT2D eigenvalue weighted by atomic mass is 10.1. The van der Waals surface area contributed by atoms with Gasteiger partial charge in [0.05, 0.1) is 7.11 Å². The van der Waals surface area contributed by atoms with Crippen LogP contribution in [0.2, 0.25) is 0 Å². The van der Waals surface area contributed by atoms with Crippen LogP contribution in [-0.4, -0.2) is 101 Å². The average molecular weight is 454 g/mol. The maximum atomic E-state index is 12.8. The van der Waals surface area contributed by atoms with Crippen LogP contribution in [0.1, 0.15) is 29.6 Å². The van der Waals surface area contributed by atoms with Crippen molar-refractivity contribution in [1.82, 2.24) is 29.7 Å². The fourth-order valence-electron chi connectivity index (χ4n) is 4.02. The molecule has 0 unspecified atom stereocenters. The first kappa shape index (κ1) is 22.9. The first-order valence-electron chi connectivity index (χ1n) is 11.4. The Bertz CT molecular complexity index is 975. The lowest BCUT2D eigenvalue weighted by molar-refractivity contribution is -0.127. The molecule has 1 aromatic carbocycles. The standard InChI is InChI=1S/C23H31N7O3/c1-28-13-15-30(16-14-28)21(32)18-8-6-17(7-9-18)20-25-22(27-23(26-20)33-2)24-10-4-12-29-11-3-5-19(29)31/h6-9H,3-5,10-16H2,1-2H3,(H,24,25,26,27). The Morgan fingerprint density at radius 1 is 1.06 bits per heavy atom. The number of nitrogens with one attached hydrogen (secondary N) is 1. The molecular weight excluding hydrogens is 422 g/mol. The highest BCUT2D eigenvalue weighted by Crippen LogP contribution is 2.20. The van der Waals surface area contributed by atoms with E-state index in [-0.39, 0.29) is 17.8 Å². The Balaban J connectivity index is 1.39. The maximum Gasteiger partial charge on any atom is 0.321 e. The van der Waals surface area contributed by atoms with E-state index in [0.29, 0.717) is 30.3 Å². The van der Waals surface area contributed by atoms with Crippen molar-refractivity contribution in [2.24, 2.45) is 0 Å². The topological polar surface area (TPSA) is 104 Å². The number of ether oxygens (including phenoxy) is 1. The molecule has 0 radical (unpaired) electrons. The third-order valence-electron chi connectivity index (χ3n) is 6.04. The summed E-state index contributed by atoms with van der Waals surface area (Å²) in [5, 5.41) is 3.20. The summed E-state index contributed by atoms with van der Waals surface area (Å²) < 4.78 is 5.25. The number of piperazine rings is 1. The Kier molecular flexibility index (Phi) is 7.33. The van der Waals surface area contributed by atoms with Crippen molar-refractivity contribution < 1.29 is 14.3 Å². The predicted octanol–water partition coefficient (Wildman–Crippen LogP) is 1.36. The molecule has 0 atom stereocenters. The van der Waals surface area contributed by atoms with Crippen LogP contribution in [0.15, 0.2) is 24.3 Å². The molecule has 2 fully saturated rings. The zero-order valence-corrected chi connectivity index (χ0v) is 19.3. The van der Waals surface area contributed by atoms with Crippen LogP contribution < -0.4 is 10.1 Å². The third-order valence-corrected chi connectivity index (χ3v) is 6.04. The molecule has 2 aromatic rings. The molecule has 1 aromatic heterocycles. The molecule has 10 nitrogen and oxygen atoms in total. The van der Waals surface area contributed by atoms with Gasteiger partial charge in [0.15, 0.2) is 5.82 Å². The summed E-state index contributed by atoms with van der Waals surface area (Å²) in [6.45, 7) is 5.46. The van der Waals surface area contributed by atoms with Gasteiger partial charge >= 0.3 is 6.01 Å². The number of carbonyl (C=O) groups excluding carboxylic acids is 2. The van der Waals surface area contributed by atoms with E-state index in [0.717, 1.165) is 57.7 Å².